The molecule has 0 fully saturated rings. The minimum Gasteiger partial charge on any atom is -0.151 e. The predicted molar refractivity (Wildman–Crippen MR) is 52.0 cm³/mol. The lowest BCUT2D eigenvalue weighted by atomic mass is 10.3. The Balaban J connectivity index is 3.03. The van der Waals surface area contributed by atoms with Crippen LogP contribution in [0.25, 0.3) is 0 Å². The molecule has 1 atom stereocenters. The lowest BCUT2D eigenvalue weighted by Gasteiger charge is -1.98. The average molecular weight is 339 g/mol. The van der Waals surface area contributed by atoms with Crippen molar-refractivity contribution in [1.82, 2.24) is 0 Å². The molecule has 4 heteroatoms. The Hall–Kier alpha value is 1.06. The van der Waals surface area contributed by atoms with Crippen molar-refractivity contribution in [3.05, 3.63) is 4.91 Å². The summed E-state index contributed by atoms with van der Waals surface area (Å²) in [6.07, 6.45) is 1.09. The van der Waals surface area contributed by atoms with Crippen LogP contribution in [0.5, 0.6) is 0 Å². The standard InChI is InChI=1S/C4H7I2NO/c5-2-1-4(6)3-7-8/h4H,1-3H2. The van der Waals surface area contributed by atoms with Crippen molar-refractivity contribution < 1.29 is 0 Å². The third-order valence-electron chi connectivity index (χ3n) is 0.695. The van der Waals surface area contributed by atoms with Gasteiger partial charge in [-0.3, -0.25) is 0 Å². The van der Waals surface area contributed by atoms with Crippen LogP contribution in [-0.4, -0.2) is 14.9 Å². The maximum atomic E-state index is 9.63. The van der Waals surface area contributed by atoms with Crippen LogP contribution >= 0.6 is 45.2 Å². The molecule has 0 radical (unpaired) electrons. The Kier molecular flexibility index (Phi) is 7.00. The van der Waals surface area contributed by atoms with Gasteiger partial charge in [-0.25, -0.2) is 0 Å². The van der Waals surface area contributed by atoms with Crippen molar-refractivity contribution >= 4 is 45.2 Å². The quantitative estimate of drug-likeness (QED) is 0.439. The van der Waals surface area contributed by atoms with Crippen molar-refractivity contribution in [2.75, 3.05) is 11.0 Å². The monoisotopic (exact) mass is 339 g/mol. The third kappa shape index (κ3) is 5.20. The van der Waals surface area contributed by atoms with E-state index in [4.69, 9.17) is 0 Å². The van der Waals surface area contributed by atoms with Gasteiger partial charge in [0.15, 0.2) is 0 Å². The summed E-state index contributed by atoms with van der Waals surface area (Å²) in [5.74, 6) is 0. The van der Waals surface area contributed by atoms with Crippen molar-refractivity contribution in [1.29, 1.82) is 0 Å². The molecule has 0 aliphatic heterocycles. The zero-order valence-corrected chi connectivity index (χ0v) is 8.63. The number of nitrogens with zero attached hydrogens (tertiary/aromatic N) is 1. The van der Waals surface area contributed by atoms with Gasteiger partial charge < -0.3 is 0 Å². The molecular weight excluding hydrogens is 332 g/mol. The van der Waals surface area contributed by atoms with Gasteiger partial charge >= 0.3 is 0 Å². The van der Waals surface area contributed by atoms with E-state index < -0.39 is 0 Å². The van der Waals surface area contributed by atoms with Gasteiger partial charge in [0.25, 0.3) is 0 Å². The maximum absolute atomic E-state index is 9.63. The first-order chi connectivity index (χ1) is 3.81. The molecule has 0 bridgehead atoms. The summed E-state index contributed by atoms with van der Waals surface area (Å²) in [4.78, 5) is 9.63. The SMILES string of the molecule is O=NCC(I)CCI. The number of halogens is 2. The van der Waals surface area contributed by atoms with Gasteiger partial charge in [-0.15, -0.1) is 0 Å². The lowest BCUT2D eigenvalue weighted by molar-refractivity contribution is 0.867. The number of hydrogen-bond donors (Lipinski definition) is 0. The fourth-order valence-corrected chi connectivity index (χ4v) is 2.71. The van der Waals surface area contributed by atoms with Crippen LogP contribution in [0.4, 0.5) is 0 Å². The molecule has 0 heterocycles. The van der Waals surface area contributed by atoms with Crippen molar-refractivity contribution in [2.45, 2.75) is 10.3 Å². The molecular formula is C4H7I2NO. The molecule has 0 rings (SSSR count). The maximum Gasteiger partial charge on any atom is 0.0928 e. The zero-order valence-electron chi connectivity index (χ0n) is 4.31. The molecule has 0 aromatic carbocycles. The molecule has 0 saturated heterocycles. The highest BCUT2D eigenvalue weighted by Gasteiger charge is 2.00. The van der Waals surface area contributed by atoms with E-state index in [0.717, 1.165) is 10.8 Å². The van der Waals surface area contributed by atoms with E-state index in [1.54, 1.807) is 0 Å². The second-order valence-corrected chi connectivity index (χ2v) is 4.23. The molecule has 0 N–H and O–H groups in total. The molecule has 0 aromatic heterocycles. The predicted octanol–water partition coefficient (Wildman–Crippen LogP) is 2.38. The van der Waals surface area contributed by atoms with Crippen LogP contribution in [0.2, 0.25) is 0 Å². The Morgan fingerprint density at radius 3 is 2.62 bits per heavy atom. The van der Waals surface area contributed by atoms with E-state index in [2.05, 4.69) is 50.4 Å². The Labute approximate surface area is 76.1 Å². The van der Waals surface area contributed by atoms with E-state index in [1.807, 2.05) is 0 Å². The number of hydrogen-bond acceptors (Lipinski definition) is 2. The van der Waals surface area contributed by atoms with Crippen LogP contribution in [-0.2, 0) is 0 Å². The van der Waals surface area contributed by atoms with Crippen LogP contribution < -0.4 is 0 Å². The molecule has 1 unspecified atom stereocenters. The highest BCUT2D eigenvalue weighted by Crippen LogP contribution is 2.07. The molecule has 0 spiro atoms. The Bertz CT molecular complexity index is 69.1. The summed E-state index contributed by atoms with van der Waals surface area (Å²) in [5.41, 5.74) is 0. The van der Waals surface area contributed by atoms with Gasteiger partial charge in [0.05, 0.1) is 6.54 Å². The van der Waals surface area contributed by atoms with Crippen LogP contribution in [0.15, 0.2) is 5.18 Å². The summed E-state index contributed by atoms with van der Waals surface area (Å²) in [7, 11) is 0. The lowest BCUT2D eigenvalue weighted by Crippen LogP contribution is -2.01. The zero-order chi connectivity index (χ0) is 6.41. The Morgan fingerprint density at radius 2 is 2.25 bits per heavy atom. The normalized spacial score (nSPS) is 13.2. The van der Waals surface area contributed by atoms with E-state index >= 15 is 0 Å². The van der Waals surface area contributed by atoms with Gasteiger partial charge in [0.2, 0.25) is 0 Å². The fraction of sp³-hybridized carbons (Fsp3) is 1.00. The van der Waals surface area contributed by atoms with Crippen LogP contribution in [0.1, 0.15) is 6.42 Å². The first kappa shape index (κ1) is 9.06. The van der Waals surface area contributed by atoms with E-state index in [0.29, 0.717) is 10.5 Å². The van der Waals surface area contributed by atoms with Crippen LogP contribution in [0.3, 0.4) is 0 Å². The summed E-state index contributed by atoms with van der Waals surface area (Å²) < 4.78 is 1.56. The summed E-state index contributed by atoms with van der Waals surface area (Å²) in [6.45, 7) is 0.462. The van der Waals surface area contributed by atoms with Crippen molar-refractivity contribution in [2.24, 2.45) is 5.18 Å². The largest absolute Gasteiger partial charge is 0.151 e. The summed E-state index contributed by atoms with van der Waals surface area (Å²) >= 11 is 4.54. The minimum atomic E-state index is 0.446. The summed E-state index contributed by atoms with van der Waals surface area (Å²) in [6, 6.07) is 0. The minimum absolute atomic E-state index is 0.446. The smallest absolute Gasteiger partial charge is 0.0928 e. The molecule has 0 aliphatic rings. The van der Waals surface area contributed by atoms with Crippen LogP contribution in [0, 0.1) is 4.91 Å². The molecule has 8 heavy (non-hydrogen) atoms. The van der Waals surface area contributed by atoms with Crippen molar-refractivity contribution in [3.8, 4) is 0 Å². The molecule has 0 saturated carbocycles. The number of rotatable bonds is 4. The molecule has 0 aliphatic carbocycles. The molecule has 0 amide bonds. The molecule has 48 valence electrons. The van der Waals surface area contributed by atoms with Crippen molar-refractivity contribution in [3.63, 3.8) is 0 Å². The fourth-order valence-electron chi connectivity index (χ4n) is 0.291. The van der Waals surface area contributed by atoms with Gasteiger partial charge in [0.1, 0.15) is 0 Å². The van der Waals surface area contributed by atoms with Gasteiger partial charge in [0, 0.05) is 8.35 Å². The average Bonchev–Trinajstić information content (AvgIpc) is 1.68. The first-order valence-corrected chi connectivity index (χ1v) is 5.07. The molecule has 2 nitrogen and oxygen atoms in total. The van der Waals surface area contributed by atoms with E-state index in [1.165, 1.54) is 0 Å². The summed E-state index contributed by atoms with van der Waals surface area (Å²) in [5, 5.41) is 2.79. The number of alkyl halides is 2. The van der Waals surface area contributed by atoms with Gasteiger partial charge in [-0.1, -0.05) is 50.4 Å². The second-order valence-electron chi connectivity index (χ2n) is 1.39. The third-order valence-corrected chi connectivity index (χ3v) is 2.33. The van der Waals surface area contributed by atoms with Gasteiger partial charge in [-0.05, 0) is 6.42 Å². The topological polar surface area (TPSA) is 29.4 Å². The van der Waals surface area contributed by atoms with E-state index in [9.17, 15) is 4.91 Å². The van der Waals surface area contributed by atoms with Gasteiger partial charge in [-0.2, -0.15) is 4.91 Å². The first-order valence-electron chi connectivity index (χ1n) is 2.30. The highest BCUT2D eigenvalue weighted by atomic mass is 127. The van der Waals surface area contributed by atoms with E-state index in [-0.39, 0.29) is 0 Å². The Morgan fingerprint density at radius 1 is 1.62 bits per heavy atom. The second kappa shape index (κ2) is 6.18. The number of nitroso groups, excluding NO2 is 1. The molecule has 0 aromatic rings. The highest BCUT2D eigenvalue weighted by molar-refractivity contribution is 14.1.